The van der Waals surface area contributed by atoms with Crippen LogP contribution in [0.15, 0.2) is 0 Å². The molecule has 0 heterocycles. The zero-order valence-corrected chi connectivity index (χ0v) is 9.17. The summed E-state index contributed by atoms with van der Waals surface area (Å²) in [5, 5.41) is 20.6. The van der Waals surface area contributed by atoms with Crippen LogP contribution in [0.5, 0.6) is 0 Å². The Morgan fingerprint density at radius 1 is 1.33 bits per heavy atom. The lowest BCUT2D eigenvalue weighted by Gasteiger charge is -2.14. The number of unbranched alkanes of at least 4 members (excludes halogenated alkanes) is 1. The fourth-order valence-corrected chi connectivity index (χ4v) is 1.81. The lowest BCUT2D eigenvalue weighted by atomic mass is 10.0. The highest BCUT2D eigenvalue weighted by molar-refractivity contribution is 5.66. The minimum atomic E-state index is -0.714. The highest BCUT2D eigenvalue weighted by Gasteiger charge is 2.40. The van der Waals surface area contributed by atoms with Gasteiger partial charge in [-0.3, -0.25) is 4.79 Å². The Kier molecular flexibility index (Phi) is 5.05. The van der Waals surface area contributed by atoms with Gasteiger partial charge in [0.15, 0.2) is 0 Å². The lowest BCUT2D eigenvalue weighted by molar-refractivity contribution is -0.137. The maximum absolute atomic E-state index is 10.2. The molecule has 1 aliphatic rings. The van der Waals surface area contributed by atoms with Crippen molar-refractivity contribution >= 4 is 5.97 Å². The van der Waals surface area contributed by atoms with Crippen LogP contribution in [0, 0.1) is 5.41 Å². The van der Waals surface area contributed by atoms with Gasteiger partial charge < -0.3 is 15.5 Å². The van der Waals surface area contributed by atoms with Crippen molar-refractivity contribution in [2.45, 2.75) is 38.5 Å². The first-order valence-electron chi connectivity index (χ1n) is 5.72. The van der Waals surface area contributed by atoms with Gasteiger partial charge in [0, 0.05) is 19.6 Å². The summed E-state index contributed by atoms with van der Waals surface area (Å²) in [6.45, 7) is 2.14. The number of carboxylic acids is 1. The lowest BCUT2D eigenvalue weighted by Crippen LogP contribution is -2.25. The average molecular weight is 215 g/mol. The summed E-state index contributed by atoms with van der Waals surface area (Å²) in [6, 6.07) is 0. The molecule has 88 valence electrons. The Morgan fingerprint density at radius 3 is 2.60 bits per heavy atom. The number of carboxylic acid groups (broad SMARTS) is 1. The van der Waals surface area contributed by atoms with Gasteiger partial charge in [0.2, 0.25) is 0 Å². The van der Waals surface area contributed by atoms with Gasteiger partial charge in [0.1, 0.15) is 0 Å². The predicted molar refractivity (Wildman–Crippen MR) is 57.7 cm³/mol. The summed E-state index contributed by atoms with van der Waals surface area (Å²) in [6.07, 6.45) is 5.26. The normalized spacial score (nSPS) is 17.7. The summed E-state index contributed by atoms with van der Waals surface area (Å²) >= 11 is 0. The molecule has 0 aromatic rings. The number of hydrogen-bond acceptors (Lipinski definition) is 3. The SMILES string of the molecule is O=C(O)CCCCNCC1(CCO)CC1. The van der Waals surface area contributed by atoms with Crippen LogP contribution in [-0.2, 0) is 4.79 Å². The maximum Gasteiger partial charge on any atom is 0.303 e. The first-order valence-corrected chi connectivity index (χ1v) is 5.72. The van der Waals surface area contributed by atoms with E-state index < -0.39 is 5.97 Å². The van der Waals surface area contributed by atoms with E-state index in [0.29, 0.717) is 5.41 Å². The van der Waals surface area contributed by atoms with Crippen molar-refractivity contribution in [1.82, 2.24) is 5.32 Å². The number of nitrogens with one attached hydrogen (secondary N) is 1. The largest absolute Gasteiger partial charge is 0.481 e. The molecule has 0 unspecified atom stereocenters. The van der Waals surface area contributed by atoms with Gasteiger partial charge in [-0.25, -0.2) is 0 Å². The van der Waals surface area contributed by atoms with Crippen molar-refractivity contribution in [2.24, 2.45) is 5.41 Å². The quantitative estimate of drug-likeness (QED) is 0.502. The van der Waals surface area contributed by atoms with Crippen LogP contribution in [0.25, 0.3) is 0 Å². The molecular weight excluding hydrogens is 194 g/mol. The van der Waals surface area contributed by atoms with E-state index in [9.17, 15) is 4.79 Å². The highest BCUT2D eigenvalue weighted by atomic mass is 16.4. The summed E-state index contributed by atoms with van der Waals surface area (Å²) < 4.78 is 0. The second kappa shape index (κ2) is 6.08. The van der Waals surface area contributed by atoms with E-state index in [0.717, 1.165) is 32.4 Å². The van der Waals surface area contributed by atoms with Crippen LogP contribution < -0.4 is 5.32 Å². The van der Waals surface area contributed by atoms with Gasteiger partial charge >= 0.3 is 5.97 Å². The minimum absolute atomic E-state index is 0.267. The molecule has 0 saturated heterocycles. The second-order valence-corrected chi connectivity index (χ2v) is 4.50. The molecule has 0 spiro atoms. The highest BCUT2D eigenvalue weighted by Crippen LogP contribution is 2.47. The summed E-state index contributed by atoms with van der Waals surface area (Å²) in [5.41, 5.74) is 0.363. The van der Waals surface area contributed by atoms with Crippen molar-refractivity contribution in [3.63, 3.8) is 0 Å². The van der Waals surface area contributed by atoms with E-state index in [-0.39, 0.29) is 13.0 Å². The second-order valence-electron chi connectivity index (χ2n) is 4.50. The third-order valence-electron chi connectivity index (χ3n) is 3.09. The van der Waals surface area contributed by atoms with E-state index in [1.807, 2.05) is 0 Å². The van der Waals surface area contributed by atoms with Crippen LogP contribution >= 0.6 is 0 Å². The third kappa shape index (κ3) is 5.14. The van der Waals surface area contributed by atoms with Crippen LogP contribution in [0.2, 0.25) is 0 Å². The fourth-order valence-electron chi connectivity index (χ4n) is 1.81. The van der Waals surface area contributed by atoms with Crippen LogP contribution in [0.1, 0.15) is 38.5 Å². The molecule has 0 aromatic heterocycles. The summed E-state index contributed by atoms with van der Waals surface area (Å²) in [5.74, 6) is -0.714. The molecule has 0 amide bonds. The predicted octanol–water partition coefficient (Wildman–Crippen LogP) is 0.993. The van der Waals surface area contributed by atoms with Crippen molar-refractivity contribution in [1.29, 1.82) is 0 Å². The number of aliphatic hydroxyl groups is 1. The standard InChI is InChI=1S/C11H21NO3/c13-8-6-11(4-5-11)9-12-7-2-1-3-10(14)15/h12-13H,1-9H2,(H,14,15). The average Bonchev–Trinajstić information content (AvgIpc) is 2.92. The first-order chi connectivity index (χ1) is 7.18. The topological polar surface area (TPSA) is 69.6 Å². The Bertz CT molecular complexity index is 202. The van der Waals surface area contributed by atoms with E-state index in [1.54, 1.807) is 0 Å². The molecule has 1 aliphatic carbocycles. The Labute approximate surface area is 90.7 Å². The zero-order valence-electron chi connectivity index (χ0n) is 9.17. The Morgan fingerprint density at radius 2 is 2.07 bits per heavy atom. The smallest absolute Gasteiger partial charge is 0.303 e. The molecule has 15 heavy (non-hydrogen) atoms. The molecule has 3 N–H and O–H groups in total. The number of carbonyl (C=O) groups is 1. The Hall–Kier alpha value is -0.610. The molecule has 1 saturated carbocycles. The van der Waals surface area contributed by atoms with Gasteiger partial charge in [-0.2, -0.15) is 0 Å². The van der Waals surface area contributed by atoms with Crippen LogP contribution in [0.3, 0.4) is 0 Å². The van der Waals surface area contributed by atoms with Crippen molar-refractivity contribution in [3.8, 4) is 0 Å². The molecule has 0 aliphatic heterocycles. The van der Waals surface area contributed by atoms with Crippen LogP contribution in [-0.4, -0.2) is 35.9 Å². The molecular formula is C11H21NO3. The molecule has 1 rings (SSSR count). The van der Waals surface area contributed by atoms with Gasteiger partial charge in [-0.1, -0.05) is 0 Å². The van der Waals surface area contributed by atoms with Crippen LogP contribution in [0.4, 0.5) is 0 Å². The van der Waals surface area contributed by atoms with Crippen molar-refractivity contribution in [2.75, 3.05) is 19.7 Å². The minimum Gasteiger partial charge on any atom is -0.481 e. The number of aliphatic carboxylic acids is 1. The van der Waals surface area contributed by atoms with Crippen molar-refractivity contribution < 1.29 is 15.0 Å². The number of hydrogen-bond donors (Lipinski definition) is 3. The van der Waals surface area contributed by atoms with Gasteiger partial charge in [0.05, 0.1) is 0 Å². The monoisotopic (exact) mass is 215 g/mol. The van der Waals surface area contributed by atoms with Crippen molar-refractivity contribution in [3.05, 3.63) is 0 Å². The molecule has 0 radical (unpaired) electrons. The first kappa shape index (κ1) is 12.5. The van der Waals surface area contributed by atoms with E-state index in [2.05, 4.69) is 5.32 Å². The van der Waals surface area contributed by atoms with E-state index in [4.69, 9.17) is 10.2 Å². The number of rotatable bonds is 9. The van der Waals surface area contributed by atoms with Gasteiger partial charge in [-0.15, -0.1) is 0 Å². The molecule has 0 atom stereocenters. The molecule has 4 heteroatoms. The Balaban J connectivity index is 1.91. The maximum atomic E-state index is 10.2. The van der Waals surface area contributed by atoms with E-state index >= 15 is 0 Å². The van der Waals surface area contributed by atoms with Gasteiger partial charge in [-0.05, 0) is 44.1 Å². The third-order valence-corrected chi connectivity index (χ3v) is 3.09. The fraction of sp³-hybridized carbons (Fsp3) is 0.909. The number of aliphatic hydroxyl groups excluding tert-OH is 1. The molecule has 1 fully saturated rings. The van der Waals surface area contributed by atoms with Gasteiger partial charge in [0.25, 0.3) is 0 Å². The molecule has 4 nitrogen and oxygen atoms in total. The van der Waals surface area contributed by atoms with E-state index in [1.165, 1.54) is 12.8 Å². The zero-order chi connectivity index (χ0) is 11.1. The summed E-state index contributed by atoms with van der Waals surface area (Å²) in [4.78, 5) is 10.2. The molecule has 0 bridgehead atoms. The summed E-state index contributed by atoms with van der Waals surface area (Å²) in [7, 11) is 0. The molecule has 0 aromatic carbocycles.